The van der Waals surface area contributed by atoms with E-state index in [1.165, 1.54) is 17.9 Å². The number of nitrogens with zero attached hydrogens (tertiary/aromatic N) is 4. The van der Waals surface area contributed by atoms with Gasteiger partial charge in [-0.15, -0.1) is 5.10 Å². The molecule has 1 amide bonds. The number of hydrogen-bond donors (Lipinski definition) is 1. The lowest BCUT2D eigenvalue weighted by atomic mass is 10.2. The van der Waals surface area contributed by atoms with Crippen molar-refractivity contribution in [2.24, 2.45) is 5.73 Å². The first-order valence-electron chi connectivity index (χ1n) is 5.41. The smallest absolute Gasteiger partial charge is 0.338 e. The molecule has 0 unspecified atom stereocenters. The number of primary amides is 1. The molecule has 2 aromatic rings. The quantitative estimate of drug-likeness (QED) is 0.755. The van der Waals surface area contributed by atoms with Crippen molar-refractivity contribution in [1.29, 1.82) is 0 Å². The monoisotopic (exact) mass is 261 g/mol. The van der Waals surface area contributed by atoms with Gasteiger partial charge in [-0.2, -0.15) is 0 Å². The largest absolute Gasteiger partial charge is 0.449 e. The van der Waals surface area contributed by atoms with Crippen molar-refractivity contribution >= 4 is 11.9 Å². The molecular weight excluding hydrogens is 250 g/mol. The van der Waals surface area contributed by atoms with Gasteiger partial charge in [0.05, 0.1) is 11.3 Å². The van der Waals surface area contributed by atoms with Crippen molar-refractivity contribution in [2.45, 2.75) is 13.0 Å². The molecule has 0 bridgehead atoms. The van der Waals surface area contributed by atoms with Gasteiger partial charge in [-0.1, -0.05) is 0 Å². The summed E-state index contributed by atoms with van der Waals surface area (Å²) in [5, 5.41) is 10.7. The molecule has 1 aromatic carbocycles. The van der Waals surface area contributed by atoms with E-state index >= 15 is 0 Å². The first kappa shape index (κ1) is 12.7. The average molecular weight is 261 g/mol. The van der Waals surface area contributed by atoms with E-state index in [1.807, 2.05) is 0 Å². The first-order chi connectivity index (χ1) is 9.08. The number of tetrazole rings is 1. The van der Waals surface area contributed by atoms with Gasteiger partial charge in [0.25, 0.3) is 5.91 Å². The van der Waals surface area contributed by atoms with Gasteiger partial charge in [0.1, 0.15) is 6.33 Å². The van der Waals surface area contributed by atoms with E-state index in [0.717, 1.165) is 0 Å². The van der Waals surface area contributed by atoms with Crippen LogP contribution in [0.25, 0.3) is 5.69 Å². The topological polar surface area (TPSA) is 113 Å². The molecule has 8 heteroatoms. The lowest BCUT2D eigenvalue weighted by Crippen LogP contribution is -2.30. The fraction of sp³-hybridized carbons (Fsp3) is 0.182. The standard InChI is InChI=1S/C11H11N5O3/c1-7(10(12)17)19-11(18)8-2-4-9(5-3-8)16-6-13-14-15-16/h2-7H,1H3,(H2,12,17)/t7-/m0/s1. The number of hydrogen-bond acceptors (Lipinski definition) is 6. The average Bonchev–Trinajstić information content (AvgIpc) is 2.92. The van der Waals surface area contributed by atoms with Crippen molar-refractivity contribution in [3.05, 3.63) is 36.2 Å². The molecular formula is C11H11N5O3. The van der Waals surface area contributed by atoms with Crippen LogP contribution in [0.3, 0.4) is 0 Å². The third-order valence-corrected chi connectivity index (χ3v) is 2.40. The van der Waals surface area contributed by atoms with Gasteiger partial charge in [-0.3, -0.25) is 4.79 Å². The number of rotatable bonds is 4. The summed E-state index contributed by atoms with van der Waals surface area (Å²) in [7, 11) is 0. The van der Waals surface area contributed by atoms with Crippen LogP contribution in [-0.2, 0) is 9.53 Å². The summed E-state index contributed by atoms with van der Waals surface area (Å²) in [5.74, 6) is -1.31. The van der Waals surface area contributed by atoms with Gasteiger partial charge >= 0.3 is 5.97 Å². The summed E-state index contributed by atoms with van der Waals surface area (Å²) >= 11 is 0. The predicted octanol–water partition coefficient (Wildman–Crippen LogP) is -0.307. The molecule has 2 rings (SSSR count). The number of aromatic nitrogens is 4. The van der Waals surface area contributed by atoms with E-state index in [0.29, 0.717) is 11.3 Å². The molecule has 0 aliphatic carbocycles. The zero-order chi connectivity index (χ0) is 13.8. The molecule has 19 heavy (non-hydrogen) atoms. The number of benzene rings is 1. The summed E-state index contributed by atoms with van der Waals surface area (Å²) < 4.78 is 6.31. The molecule has 0 spiro atoms. The van der Waals surface area contributed by atoms with Crippen molar-refractivity contribution in [1.82, 2.24) is 20.2 Å². The number of carbonyl (C=O) groups is 2. The van der Waals surface area contributed by atoms with Crippen LogP contribution in [-0.4, -0.2) is 38.2 Å². The Labute approximate surface area is 108 Å². The highest BCUT2D eigenvalue weighted by Crippen LogP contribution is 2.09. The SMILES string of the molecule is C[C@H](OC(=O)c1ccc(-n2cnnn2)cc1)C(N)=O. The van der Waals surface area contributed by atoms with Crippen molar-refractivity contribution in [2.75, 3.05) is 0 Å². The van der Waals surface area contributed by atoms with Crippen LogP contribution in [0.15, 0.2) is 30.6 Å². The second-order valence-electron chi connectivity index (χ2n) is 3.75. The van der Waals surface area contributed by atoms with Gasteiger partial charge in [0.15, 0.2) is 6.10 Å². The van der Waals surface area contributed by atoms with Crippen LogP contribution in [0.5, 0.6) is 0 Å². The maximum atomic E-state index is 11.7. The van der Waals surface area contributed by atoms with Crippen LogP contribution < -0.4 is 5.73 Å². The lowest BCUT2D eigenvalue weighted by molar-refractivity contribution is -0.125. The van der Waals surface area contributed by atoms with Crippen LogP contribution in [0.2, 0.25) is 0 Å². The Bertz CT molecular complexity index is 579. The van der Waals surface area contributed by atoms with E-state index in [9.17, 15) is 9.59 Å². The number of amides is 1. The fourth-order valence-electron chi connectivity index (χ4n) is 1.32. The molecule has 0 fully saturated rings. The summed E-state index contributed by atoms with van der Waals surface area (Å²) in [6, 6.07) is 6.41. The minimum absolute atomic E-state index is 0.310. The Hall–Kier alpha value is -2.77. The number of esters is 1. The van der Waals surface area contributed by atoms with Crippen molar-refractivity contribution < 1.29 is 14.3 Å². The molecule has 8 nitrogen and oxygen atoms in total. The van der Waals surface area contributed by atoms with E-state index in [1.54, 1.807) is 24.3 Å². The minimum atomic E-state index is -0.966. The summed E-state index contributed by atoms with van der Waals surface area (Å²) in [6.07, 6.45) is 0.467. The second-order valence-corrected chi connectivity index (χ2v) is 3.75. The molecule has 0 aliphatic heterocycles. The molecule has 98 valence electrons. The number of ether oxygens (including phenoxy) is 1. The predicted molar refractivity (Wildman–Crippen MR) is 63.2 cm³/mol. The van der Waals surface area contributed by atoms with Crippen LogP contribution >= 0.6 is 0 Å². The zero-order valence-corrected chi connectivity index (χ0v) is 10.1. The highest BCUT2D eigenvalue weighted by atomic mass is 16.5. The molecule has 1 atom stereocenters. The summed E-state index contributed by atoms with van der Waals surface area (Å²) in [5.41, 5.74) is 6.02. The molecule has 1 aromatic heterocycles. The van der Waals surface area contributed by atoms with Gasteiger partial charge in [0, 0.05) is 0 Å². The van der Waals surface area contributed by atoms with Gasteiger partial charge in [-0.05, 0) is 41.6 Å². The van der Waals surface area contributed by atoms with E-state index in [2.05, 4.69) is 15.5 Å². The molecule has 1 heterocycles. The Morgan fingerprint density at radius 1 is 1.32 bits per heavy atom. The van der Waals surface area contributed by atoms with E-state index in [4.69, 9.17) is 10.5 Å². The normalized spacial score (nSPS) is 11.8. The second kappa shape index (κ2) is 5.25. The van der Waals surface area contributed by atoms with Crippen LogP contribution in [0, 0.1) is 0 Å². The third-order valence-electron chi connectivity index (χ3n) is 2.40. The Balaban J connectivity index is 2.10. The molecule has 0 saturated carbocycles. The molecule has 0 radical (unpaired) electrons. The summed E-state index contributed by atoms with van der Waals surface area (Å²) in [6.45, 7) is 1.41. The Kier molecular flexibility index (Phi) is 3.51. The van der Waals surface area contributed by atoms with Gasteiger partial charge < -0.3 is 10.5 Å². The first-order valence-corrected chi connectivity index (χ1v) is 5.41. The molecule has 0 aliphatic rings. The van der Waals surface area contributed by atoms with E-state index < -0.39 is 18.0 Å². The van der Waals surface area contributed by atoms with Crippen molar-refractivity contribution in [3.8, 4) is 5.69 Å². The van der Waals surface area contributed by atoms with Gasteiger partial charge in [0.2, 0.25) is 0 Å². The number of carbonyl (C=O) groups excluding carboxylic acids is 2. The van der Waals surface area contributed by atoms with Gasteiger partial charge in [-0.25, -0.2) is 9.48 Å². The third kappa shape index (κ3) is 2.92. The molecule has 2 N–H and O–H groups in total. The van der Waals surface area contributed by atoms with Crippen molar-refractivity contribution in [3.63, 3.8) is 0 Å². The Morgan fingerprint density at radius 3 is 2.53 bits per heavy atom. The lowest BCUT2D eigenvalue weighted by Gasteiger charge is -2.09. The minimum Gasteiger partial charge on any atom is -0.449 e. The van der Waals surface area contributed by atoms with E-state index in [-0.39, 0.29) is 0 Å². The highest BCUT2D eigenvalue weighted by molar-refractivity contribution is 5.92. The highest BCUT2D eigenvalue weighted by Gasteiger charge is 2.16. The number of nitrogens with two attached hydrogens (primary N) is 1. The maximum Gasteiger partial charge on any atom is 0.338 e. The van der Waals surface area contributed by atoms with Crippen LogP contribution in [0.4, 0.5) is 0 Å². The zero-order valence-electron chi connectivity index (χ0n) is 10.1. The van der Waals surface area contributed by atoms with Crippen LogP contribution in [0.1, 0.15) is 17.3 Å². The summed E-state index contributed by atoms with van der Waals surface area (Å²) in [4.78, 5) is 22.5. The maximum absolute atomic E-state index is 11.7. The Morgan fingerprint density at radius 2 is 2.00 bits per heavy atom. The molecule has 0 saturated heterocycles. The fourth-order valence-corrected chi connectivity index (χ4v) is 1.32.